The monoisotopic (exact) mass is 250 g/mol. The van der Waals surface area contributed by atoms with Gasteiger partial charge in [-0.15, -0.1) is 0 Å². The molecule has 4 unspecified atom stereocenters. The molecule has 3 heterocycles. The first-order valence-electron chi connectivity index (χ1n) is 6.32. The minimum absolute atomic E-state index is 0.132. The zero-order valence-electron chi connectivity index (χ0n) is 9.98. The van der Waals surface area contributed by atoms with E-state index in [1.165, 1.54) is 12.0 Å². The molecular formula is C13H18N2OS. The summed E-state index contributed by atoms with van der Waals surface area (Å²) in [5.41, 5.74) is 1.21. The first-order valence-corrected chi connectivity index (χ1v) is 7.27. The molecule has 3 nitrogen and oxygen atoms in total. The maximum absolute atomic E-state index is 12.2. The molecule has 4 atom stereocenters. The predicted molar refractivity (Wildman–Crippen MR) is 68.9 cm³/mol. The van der Waals surface area contributed by atoms with Crippen molar-refractivity contribution in [2.45, 2.75) is 44.3 Å². The predicted octanol–water partition coefficient (Wildman–Crippen LogP) is 2.07. The van der Waals surface area contributed by atoms with Gasteiger partial charge in [-0.2, -0.15) is 11.3 Å². The van der Waals surface area contributed by atoms with Gasteiger partial charge in [0.25, 0.3) is 0 Å². The fourth-order valence-electron chi connectivity index (χ4n) is 3.04. The lowest BCUT2D eigenvalue weighted by atomic mass is 9.88. The van der Waals surface area contributed by atoms with E-state index in [1.54, 1.807) is 11.3 Å². The summed E-state index contributed by atoms with van der Waals surface area (Å²) >= 11 is 1.68. The highest BCUT2D eigenvalue weighted by molar-refractivity contribution is 7.07. The molecule has 0 radical (unpaired) electrons. The van der Waals surface area contributed by atoms with Crippen LogP contribution in [0.3, 0.4) is 0 Å². The van der Waals surface area contributed by atoms with Crippen molar-refractivity contribution in [1.82, 2.24) is 10.6 Å². The number of thiophene rings is 1. The molecule has 2 N–H and O–H groups in total. The Morgan fingerprint density at radius 2 is 2.47 bits per heavy atom. The Balaban J connectivity index is 1.60. The van der Waals surface area contributed by atoms with Crippen molar-refractivity contribution < 1.29 is 4.79 Å². The van der Waals surface area contributed by atoms with Crippen molar-refractivity contribution in [3.05, 3.63) is 22.4 Å². The van der Waals surface area contributed by atoms with Crippen molar-refractivity contribution in [2.24, 2.45) is 5.92 Å². The maximum atomic E-state index is 12.2. The van der Waals surface area contributed by atoms with E-state index < -0.39 is 0 Å². The van der Waals surface area contributed by atoms with E-state index >= 15 is 0 Å². The van der Waals surface area contributed by atoms with Crippen molar-refractivity contribution in [3.63, 3.8) is 0 Å². The van der Waals surface area contributed by atoms with E-state index in [-0.39, 0.29) is 17.9 Å². The Kier molecular flexibility index (Phi) is 2.92. The standard InChI is InChI=1S/C13H18N2OS/c1-8(9-4-5-17-7-9)14-13(16)11-6-10-2-3-12(11)15-10/h4-5,7-8,10-12,15H,2-3,6H2,1H3,(H,14,16). The third-order valence-electron chi connectivity index (χ3n) is 4.04. The number of carbonyl (C=O) groups is 1. The second-order valence-corrected chi connectivity index (χ2v) is 5.96. The van der Waals surface area contributed by atoms with E-state index in [2.05, 4.69) is 34.4 Å². The highest BCUT2D eigenvalue weighted by atomic mass is 32.1. The van der Waals surface area contributed by atoms with Crippen molar-refractivity contribution in [1.29, 1.82) is 0 Å². The van der Waals surface area contributed by atoms with Crippen LogP contribution in [0.25, 0.3) is 0 Å². The molecule has 0 spiro atoms. The number of fused-ring (bicyclic) bond motifs is 2. The van der Waals surface area contributed by atoms with Crippen LogP contribution in [-0.4, -0.2) is 18.0 Å². The molecule has 2 aliphatic rings. The highest BCUT2D eigenvalue weighted by Crippen LogP contribution is 2.33. The number of amides is 1. The van der Waals surface area contributed by atoms with Crippen LogP contribution < -0.4 is 10.6 Å². The Morgan fingerprint density at radius 1 is 1.59 bits per heavy atom. The second-order valence-electron chi connectivity index (χ2n) is 5.18. The van der Waals surface area contributed by atoms with Gasteiger partial charge in [0, 0.05) is 12.1 Å². The minimum atomic E-state index is 0.132. The summed E-state index contributed by atoms with van der Waals surface area (Å²) < 4.78 is 0. The molecule has 0 aliphatic carbocycles. The Labute approximate surface area is 106 Å². The first kappa shape index (κ1) is 11.2. The van der Waals surface area contributed by atoms with E-state index in [0.717, 1.165) is 12.8 Å². The molecule has 2 fully saturated rings. The number of hydrogen-bond donors (Lipinski definition) is 2. The van der Waals surface area contributed by atoms with E-state index in [9.17, 15) is 4.79 Å². The lowest BCUT2D eigenvalue weighted by Gasteiger charge is -2.22. The lowest BCUT2D eigenvalue weighted by Crippen LogP contribution is -2.38. The Hall–Kier alpha value is -0.870. The van der Waals surface area contributed by atoms with Crippen LogP contribution in [0.4, 0.5) is 0 Å². The van der Waals surface area contributed by atoms with Crippen LogP contribution in [0.15, 0.2) is 16.8 Å². The average Bonchev–Trinajstić information content (AvgIpc) is 3.05. The van der Waals surface area contributed by atoms with Crippen LogP contribution >= 0.6 is 11.3 Å². The number of rotatable bonds is 3. The van der Waals surface area contributed by atoms with Crippen molar-refractivity contribution in [3.8, 4) is 0 Å². The van der Waals surface area contributed by atoms with Gasteiger partial charge >= 0.3 is 0 Å². The SMILES string of the molecule is CC(NC(=O)C1CC2CCC1N2)c1ccsc1. The summed E-state index contributed by atoms with van der Waals surface area (Å²) in [6.45, 7) is 2.06. The Morgan fingerprint density at radius 3 is 3.06 bits per heavy atom. The van der Waals surface area contributed by atoms with Crippen molar-refractivity contribution >= 4 is 17.2 Å². The molecule has 92 valence electrons. The van der Waals surface area contributed by atoms with E-state index in [1.807, 2.05) is 0 Å². The summed E-state index contributed by atoms with van der Waals surface area (Å²) in [6.07, 6.45) is 3.43. The van der Waals surface area contributed by atoms with Crippen LogP contribution in [0.1, 0.15) is 37.8 Å². The average molecular weight is 250 g/mol. The third kappa shape index (κ3) is 2.11. The van der Waals surface area contributed by atoms with Gasteiger partial charge in [-0.3, -0.25) is 4.79 Å². The van der Waals surface area contributed by atoms with Gasteiger partial charge in [0.2, 0.25) is 5.91 Å². The lowest BCUT2D eigenvalue weighted by molar-refractivity contribution is -0.126. The quantitative estimate of drug-likeness (QED) is 0.862. The largest absolute Gasteiger partial charge is 0.349 e. The third-order valence-corrected chi connectivity index (χ3v) is 4.74. The van der Waals surface area contributed by atoms with Crippen molar-refractivity contribution in [2.75, 3.05) is 0 Å². The molecule has 4 heteroatoms. The van der Waals surface area contributed by atoms with E-state index in [0.29, 0.717) is 12.1 Å². The zero-order valence-corrected chi connectivity index (χ0v) is 10.8. The maximum Gasteiger partial charge on any atom is 0.225 e. The van der Waals surface area contributed by atoms with Crippen LogP contribution in [0.5, 0.6) is 0 Å². The van der Waals surface area contributed by atoms with Gasteiger partial charge in [-0.25, -0.2) is 0 Å². The van der Waals surface area contributed by atoms with Crippen LogP contribution in [0.2, 0.25) is 0 Å². The second kappa shape index (κ2) is 4.42. The van der Waals surface area contributed by atoms with Gasteiger partial charge in [-0.1, -0.05) is 0 Å². The highest BCUT2D eigenvalue weighted by Gasteiger charge is 2.42. The minimum Gasteiger partial charge on any atom is -0.349 e. The smallest absolute Gasteiger partial charge is 0.225 e. The van der Waals surface area contributed by atoms with Gasteiger partial charge in [0.1, 0.15) is 0 Å². The summed E-state index contributed by atoms with van der Waals surface area (Å²) in [6, 6.07) is 3.23. The molecule has 2 bridgehead atoms. The molecule has 0 saturated carbocycles. The molecule has 0 aromatic carbocycles. The fraction of sp³-hybridized carbons (Fsp3) is 0.615. The fourth-order valence-corrected chi connectivity index (χ4v) is 3.79. The molecule has 1 amide bonds. The summed E-state index contributed by atoms with van der Waals surface area (Å²) in [7, 11) is 0. The molecule has 1 aromatic heterocycles. The summed E-state index contributed by atoms with van der Waals surface area (Å²) in [5.74, 6) is 0.415. The molecule has 1 aromatic rings. The van der Waals surface area contributed by atoms with Gasteiger partial charge in [-0.05, 0) is 48.6 Å². The summed E-state index contributed by atoms with van der Waals surface area (Å²) in [4.78, 5) is 12.2. The van der Waals surface area contributed by atoms with Gasteiger partial charge < -0.3 is 10.6 Å². The van der Waals surface area contributed by atoms with Gasteiger partial charge in [0.05, 0.1) is 12.0 Å². The number of hydrogen-bond acceptors (Lipinski definition) is 3. The molecular weight excluding hydrogens is 232 g/mol. The zero-order chi connectivity index (χ0) is 11.8. The first-order chi connectivity index (χ1) is 8.24. The topological polar surface area (TPSA) is 41.1 Å². The summed E-state index contributed by atoms with van der Waals surface area (Å²) in [5, 5.41) is 10.8. The molecule has 17 heavy (non-hydrogen) atoms. The molecule has 2 aliphatic heterocycles. The normalized spacial score (nSPS) is 32.6. The molecule has 3 rings (SSSR count). The van der Waals surface area contributed by atoms with Crippen LogP contribution in [0, 0.1) is 5.92 Å². The van der Waals surface area contributed by atoms with Crippen LogP contribution in [-0.2, 0) is 4.79 Å². The number of nitrogens with one attached hydrogen (secondary N) is 2. The molecule has 2 saturated heterocycles. The van der Waals surface area contributed by atoms with E-state index in [4.69, 9.17) is 0 Å². The number of carbonyl (C=O) groups excluding carboxylic acids is 1. The Bertz CT molecular complexity index is 404. The van der Waals surface area contributed by atoms with Gasteiger partial charge in [0.15, 0.2) is 0 Å².